The van der Waals surface area contributed by atoms with E-state index in [1.807, 2.05) is 19.1 Å². The summed E-state index contributed by atoms with van der Waals surface area (Å²) in [6.45, 7) is 5.17. The highest BCUT2D eigenvalue weighted by atomic mass is 32.1. The van der Waals surface area contributed by atoms with Gasteiger partial charge in [0, 0.05) is 30.0 Å². The normalized spacial score (nSPS) is 12.3. The summed E-state index contributed by atoms with van der Waals surface area (Å²) < 4.78 is 5.45. The molecule has 20 heavy (non-hydrogen) atoms. The molecule has 0 bridgehead atoms. The molecule has 108 valence electrons. The van der Waals surface area contributed by atoms with Crippen LogP contribution >= 0.6 is 11.3 Å². The Kier molecular flexibility index (Phi) is 5.56. The predicted octanol–water partition coefficient (Wildman–Crippen LogP) is 3.74. The molecule has 1 aromatic carbocycles. The van der Waals surface area contributed by atoms with E-state index in [2.05, 4.69) is 34.7 Å². The van der Waals surface area contributed by atoms with Gasteiger partial charge in [-0.25, -0.2) is 4.98 Å². The second-order valence-electron chi connectivity index (χ2n) is 4.76. The van der Waals surface area contributed by atoms with Crippen LogP contribution in [0.25, 0.3) is 0 Å². The first kappa shape index (κ1) is 15.0. The van der Waals surface area contributed by atoms with Gasteiger partial charge in [0.2, 0.25) is 0 Å². The molecule has 0 aliphatic carbocycles. The Morgan fingerprint density at radius 1 is 1.35 bits per heavy atom. The Morgan fingerprint density at radius 3 is 2.80 bits per heavy atom. The molecule has 2 aromatic rings. The lowest BCUT2D eigenvalue weighted by Crippen LogP contribution is -2.23. The summed E-state index contributed by atoms with van der Waals surface area (Å²) in [5.41, 5.74) is 2.40. The molecular weight excluding hydrogens is 268 g/mol. The molecule has 1 N–H and O–H groups in total. The van der Waals surface area contributed by atoms with Crippen LogP contribution in [0.3, 0.4) is 0 Å². The van der Waals surface area contributed by atoms with E-state index in [0.29, 0.717) is 6.04 Å². The average molecular weight is 290 g/mol. The zero-order valence-electron chi connectivity index (χ0n) is 12.3. The van der Waals surface area contributed by atoms with Gasteiger partial charge in [-0.15, -0.1) is 11.3 Å². The first-order valence-electron chi connectivity index (χ1n) is 7.02. The second kappa shape index (κ2) is 7.41. The van der Waals surface area contributed by atoms with Crippen LogP contribution in [0.4, 0.5) is 0 Å². The zero-order valence-corrected chi connectivity index (χ0v) is 13.2. The molecule has 1 unspecified atom stereocenters. The fourth-order valence-electron chi connectivity index (χ4n) is 2.33. The number of rotatable bonds is 7. The number of ether oxygens (including phenoxy) is 1. The minimum atomic E-state index is 0.325. The Labute approximate surface area is 125 Å². The van der Waals surface area contributed by atoms with E-state index in [4.69, 9.17) is 4.74 Å². The Hall–Kier alpha value is -1.39. The summed E-state index contributed by atoms with van der Waals surface area (Å²) in [5, 5.41) is 6.88. The topological polar surface area (TPSA) is 34.2 Å². The molecule has 2 rings (SSSR count). The van der Waals surface area contributed by atoms with Gasteiger partial charge in [0.05, 0.1) is 17.8 Å². The fraction of sp³-hybridized carbons (Fsp3) is 0.438. The van der Waals surface area contributed by atoms with Gasteiger partial charge < -0.3 is 10.1 Å². The van der Waals surface area contributed by atoms with Crippen molar-refractivity contribution in [1.29, 1.82) is 0 Å². The van der Waals surface area contributed by atoms with Gasteiger partial charge >= 0.3 is 0 Å². The van der Waals surface area contributed by atoms with Crippen molar-refractivity contribution < 1.29 is 4.74 Å². The number of aryl methyl sites for hydroxylation is 1. The number of thiazole rings is 1. The summed E-state index contributed by atoms with van der Waals surface area (Å²) in [6.07, 6.45) is 2.01. The second-order valence-corrected chi connectivity index (χ2v) is 5.83. The molecule has 0 amide bonds. The average Bonchev–Trinajstić information content (AvgIpc) is 2.89. The summed E-state index contributed by atoms with van der Waals surface area (Å²) in [4.78, 5) is 4.49. The van der Waals surface area contributed by atoms with Crippen molar-refractivity contribution >= 4 is 11.3 Å². The van der Waals surface area contributed by atoms with Crippen LogP contribution in [0, 0.1) is 6.92 Å². The Balaban J connectivity index is 1.95. The third kappa shape index (κ3) is 3.81. The van der Waals surface area contributed by atoms with Gasteiger partial charge in [-0.2, -0.15) is 0 Å². The predicted molar refractivity (Wildman–Crippen MR) is 84.6 cm³/mol. The van der Waals surface area contributed by atoms with E-state index in [9.17, 15) is 0 Å². The van der Waals surface area contributed by atoms with E-state index in [1.54, 1.807) is 18.4 Å². The van der Waals surface area contributed by atoms with E-state index in [-0.39, 0.29) is 0 Å². The highest BCUT2D eigenvalue weighted by Crippen LogP contribution is 2.26. The van der Waals surface area contributed by atoms with E-state index >= 15 is 0 Å². The van der Waals surface area contributed by atoms with Crippen LogP contribution in [-0.2, 0) is 6.42 Å². The van der Waals surface area contributed by atoms with Gasteiger partial charge in [-0.3, -0.25) is 0 Å². The third-order valence-corrected chi connectivity index (χ3v) is 4.18. The first-order chi connectivity index (χ1) is 9.74. The quantitative estimate of drug-likeness (QED) is 0.843. The van der Waals surface area contributed by atoms with E-state index in [1.165, 1.54) is 11.3 Å². The fourth-order valence-corrected chi connectivity index (χ4v) is 2.97. The van der Waals surface area contributed by atoms with Gasteiger partial charge in [0.1, 0.15) is 5.75 Å². The SMILES string of the molecule is CCC(NCCc1csc(C)n1)c1ccccc1OC. The Bertz CT molecular complexity index is 539. The minimum absolute atomic E-state index is 0.325. The lowest BCUT2D eigenvalue weighted by Gasteiger charge is -2.19. The van der Waals surface area contributed by atoms with Crippen LogP contribution in [0.15, 0.2) is 29.6 Å². The summed E-state index contributed by atoms with van der Waals surface area (Å²) >= 11 is 1.71. The largest absolute Gasteiger partial charge is 0.496 e. The summed E-state index contributed by atoms with van der Waals surface area (Å²) in [6, 6.07) is 8.54. The number of nitrogens with one attached hydrogen (secondary N) is 1. The van der Waals surface area contributed by atoms with Crippen molar-refractivity contribution in [3.05, 3.63) is 45.9 Å². The molecule has 0 aliphatic rings. The molecular formula is C16H22N2OS. The van der Waals surface area contributed by atoms with Crippen molar-refractivity contribution in [3.8, 4) is 5.75 Å². The smallest absolute Gasteiger partial charge is 0.123 e. The van der Waals surface area contributed by atoms with E-state index < -0.39 is 0 Å². The number of para-hydroxylation sites is 1. The number of nitrogens with zero attached hydrogens (tertiary/aromatic N) is 1. The highest BCUT2D eigenvalue weighted by molar-refractivity contribution is 7.09. The van der Waals surface area contributed by atoms with Gasteiger partial charge in [-0.1, -0.05) is 25.1 Å². The molecule has 0 fully saturated rings. The molecule has 1 heterocycles. The number of hydrogen-bond donors (Lipinski definition) is 1. The number of aromatic nitrogens is 1. The molecule has 4 heteroatoms. The van der Waals surface area contributed by atoms with Gasteiger partial charge in [0.25, 0.3) is 0 Å². The molecule has 0 saturated heterocycles. The third-order valence-electron chi connectivity index (χ3n) is 3.36. The summed E-state index contributed by atoms with van der Waals surface area (Å²) in [5.74, 6) is 0.955. The lowest BCUT2D eigenvalue weighted by atomic mass is 10.0. The summed E-state index contributed by atoms with van der Waals surface area (Å²) in [7, 11) is 1.73. The maximum absolute atomic E-state index is 5.45. The van der Waals surface area contributed by atoms with Crippen molar-refractivity contribution in [2.45, 2.75) is 32.7 Å². The minimum Gasteiger partial charge on any atom is -0.496 e. The Morgan fingerprint density at radius 2 is 2.15 bits per heavy atom. The first-order valence-corrected chi connectivity index (χ1v) is 7.89. The van der Waals surface area contributed by atoms with Crippen LogP contribution in [-0.4, -0.2) is 18.6 Å². The number of hydrogen-bond acceptors (Lipinski definition) is 4. The number of benzene rings is 1. The molecule has 1 atom stereocenters. The molecule has 0 aliphatic heterocycles. The monoisotopic (exact) mass is 290 g/mol. The maximum Gasteiger partial charge on any atom is 0.123 e. The van der Waals surface area contributed by atoms with Gasteiger partial charge in [0.15, 0.2) is 0 Å². The van der Waals surface area contributed by atoms with Crippen molar-refractivity contribution in [3.63, 3.8) is 0 Å². The highest BCUT2D eigenvalue weighted by Gasteiger charge is 2.13. The molecule has 1 aromatic heterocycles. The van der Waals surface area contributed by atoms with Crippen LogP contribution in [0.5, 0.6) is 5.75 Å². The lowest BCUT2D eigenvalue weighted by molar-refractivity contribution is 0.397. The number of methoxy groups -OCH3 is 1. The van der Waals surface area contributed by atoms with Crippen molar-refractivity contribution in [1.82, 2.24) is 10.3 Å². The van der Waals surface area contributed by atoms with Crippen LogP contribution < -0.4 is 10.1 Å². The molecule has 0 radical (unpaired) electrons. The molecule has 3 nitrogen and oxygen atoms in total. The van der Waals surface area contributed by atoms with Crippen LogP contribution in [0.2, 0.25) is 0 Å². The van der Waals surface area contributed by atoms with Crippen molar-refractivity contribution in [2.75, 3.05) is 13.7 Å². The molecule has 0 saturated carbocycles. The zero-order chi connectivity index (χ0) is 14.4. The van der Waals surface area contributed by atoms with E-state index in [0.717, 1.165) is 30.1 Å². The maximum atomic E-state index is 5.45. The standard InChI is InChI=1S/C16H22N2OS/c1-4-15(14-7-5-6-8-16(14)19-3)17-10-9-13-11-20-12(2)18-13/h5-8,11,15,17H,4,9-10H2,1-3H3. The van der Waals surface area contributed by atoms with Gasteiger partial charge in [-0.05, 0) is 19.4 Å². The van der Waals surface area contributed by atoms with Crippen LogP contribution in [0.1, 0.15) is 35.7 Å². The molecule has 0 spiro atoms. The van der Waals surface area contributed by atoms with Crippen molar-refractivity contribution in [2.24, 2.45) is 0 Å².